The van der Waals surface area contributed by atoms with Crippen molar-refractivity contribution in [3.05, 3.63) is 111 Å². The van der Waals surface area contributed by atoms with Gasteiger partial charge in [0.2, 0.25) is 5.13 Å². The van der Waals surface area contributed by atoms with Crippen LogP contribution in [0.5, 0.6) is 0 Å². The van der Waals surface area contributed by atoms with Crippen LogP contribution in [0.15, 0.2) is 76.6 Å². The van der Waals surface area contributed by atoms with Crippen LogP contribution in [-0.2, 0) is 21.8 Å². The van der Waals surface area contributed by atoms with Crippen molar-refractivity contribution in [1.29, 1.82) is 0 Å². The Morgan fingerprint density at radius 3 is 2.51 bits per heavy atom. The number of Topliss-reactive ketones (excluding diaryl/α,β-unsaturated/α-hetero) is 1. The van der Waals surface area contributed by atoms with Gasteiger partial charge in [0, 0.05) is 16.3 Å². The average molecular weight is 576 g/mol. The van der Waals surface area contributed by atoms with Gasteiger partial charge in [-0.3, -0.25) is 14.5 Å². The molecule has 5 rings (SSSR count). The van der Waals surface area contributed by atoms with Crippen molar-refractivity contribution in [3.63, 3.8) is 0 Å². The van der Waals surface area contributed by atoms with Crippen LogP contribution >= 0.6 is 34.7 Å². The lowest BCUT2D eigenvalue weighted by Gasteiger charge is -2.23. The van der Waals surface area contributed by atoms with E-state index in [0.717, 1.165) is 28.7 Å². The minimum absolute atomic E-state index is 0.0402. The van der Waals surface area contributed by atoms with E-state index >= 15 is 0 Å². The minimum Gasteiger partial charge on any atom is -0.507 e. The third-order valence-electron chi connectivity index (χ3n) is 6.71. The number of hydrogen-bond donors (Lipinski definition) is 1. The third-order valence-corrected chi connectivity index (χ3v) is 9.18. The summed E-state index contributed by atoms with van der Waals surface area (Å²) >= 11 is 8.98. The SMILES string of the molecule is CCc1ccc(C2C(=C(O)c3cc(C)ccc3C)C(=O)C(=O)N2c2nnc(SCc3ccccc3Cl)s2)cc1. The highest BCUT2D eigenvalue weighted by atomic mass is 35.5. The molecule has 1 fully saturated rings. The lowest BCUT2D eigenvalue weighted by Crippen LogP contribution is -2.29. The number of aryl methyl sites for hydroxylation is 3. The Hall–Kier alpha value is -3.46. The number of amides is 1. The van der Waals surface area contributed by atoms with E-state index in [4.69, 9.17) is 11.6 Å². The molecule has 1 saturated heterocycles. The number of carbonyl (C=O) groups is 2. The van der Waals surface area contributed by atoms with E-state index in [9.17, 15) is 14.7 Å². The number of aromatic nitrogens is 2. The molecule has 3 aromatic carbocycles. The summed E-state index contributed by atoms with van der Waals surface area (Å²) in [6.07, 6.45) is 0.853. The summed E-state index contributed by atoms with van der Waals surface area (Å²) in [7, 11) is 0. The molecule has 4 aromatic rings. The Bertz CT molecular complexity index is 1600. The summed E-state index contributed by atoms with van der Waals surface area (Å²) in [6, 6.07) is 20.1. The van der Waals surface area contributed by atoms with E-state index < -0.39 is 17.7 Å². The molecule has 1 aliphatic heterocycles. The van der Waals surface area contributed by atoms with Gasteiger partial charge in [-0.15, -0.1) is 10.2 Å². The minimum atomic E-state index is -0.842. The first-order chi connectivity index (χ1) is 18.8. The van der Waals surface area contributed by atoms with E-state index in [-0.39, 0.29) is 11.3 Å². The zero-order valence-corrected chi connectivity index (χ0v) is 24.0. The number of carbonyl (C=O) groups excluding carboxylic acids is 2. The van der Waals surface area contributed by atoms with Gasteiger partial charge < -0.3 is 5.11 Å². The molecule has 0 aliphatic carbocycles. The highest BCUT2D eigenvalue weighted by Gasteiger charge is 2.48. The topological polar surface area (TPSA) is 83.4 Å². The summed E-state index contributed by atoms with van der Waals surface area (Å²) in [5.74, 6) is -1.11. The number of thioether (sulfide) groups is 1. The predicted octanol–water partition coefficient (Wildman–Crippen LogP) is 7.29. The summed E-state index contributed by atoms with van der Waals surface area (Å²) in [5.41, 5.74) is 5.10. The second kappa shape index (κ2) is 11.3. The van der Waals surface area contributed by atoms with Crippen LogP contribution in [0.1, 0.15) is 46.3 Å². The Morgan fingerprint density at radius 1 is 1.05 bits per heavy atom. The van der Waals surface area contributed by atoms with Crippen molar-refractivity contribution in [2.75, 3.05) is 4.90 Å². The summed E-state index contributed by atoms with van der Waals surface area (Å²) < 4.78 is 0.640. The molecule has 6 nitrogen and oxygen atoms in total. The number of benzene rings is 3. The van der Waals surface area contributed by atoms with E-state index in [0.29, 0.717) is 31.4 Å². The molecule has 1 atom stereocenters. The Balaban J connectivity index is 1.57. The summed E-state index contributed by atoms with van der Waals surface area (Å²) in [4.78, 5) is 28.3. The molecule has 0 spiro atoms. The van der Waals surface area contributed by atoms with Gasteiger partial charge >= 0.3 is 5.91 Å². The molecule has 198 valence electrons. The second-order valence-corrected chi connectivity index (χ2v) is 11.9. The van der Waals surface area contributed by atoms with E-state index in [1.54, 1.807) is 0 Å². The standard InChI is InChI=1S/C30H26ClN3O3S2/c1-4-19-11-13-20(14-12-19)25-24(26(35)22-15-17(2)9-10-18(22)3)27(36)28(37)34(25)29-32-33-30(39-29)38-16-21-7-5-6-8-23(21)31/h5-15,25,35H,4,16H2,1-3H3. The zero-order valence-electron chi connectivity index (χ0n) is 21.6. The summed E-state index contributed by atoms with van der Waals surface area (Å²) in [6.45, 7) is 5.84. The second-order valence-electron chi connectivity index (χ2n) is 9.31. The van der Waals surface area contributed by atoms with Gasteiger partial charge in [0.05, 0.1) is 11.6 Å². The maximum atomic E-state index is 13.5. The van der Waals surface area contributed by atoms with Gasteiger partial charge in [-0.05, 0) is 54.7 Å². The lowest BCUT2D eigenvalue weighted by atomic mass is 9.93. The molecule has 39 heavy (non-hydrogen) atoms. The molecule has 9 heteroatoms. The van der Waals surface area contributed by atoms with Crippen molar-refractivity contribution in [1.82, 2.24) is 10.2 Å². The first kappa shape index (κ1) is 27.1. The van der Waals surface area contributed by atoms with Crippen LogP contribution in [0.25, 0.3) is 5.76 Å². The largest absolute Gasteiger partial charge is 0.507 e. The maximum absolute atomic E-state index is 13.5. The molecule has 0 bridgehead atoms. The van der Waals surface area contributed by atoms with Gasteiger partial charge in [0.25, 0.3) is 5.78 Å². The van der Waals surface area contributed by atoms with Crippen molar-refractivity contribution in [2.24, 2.45) is 0 Å². The molecule has 1 aliphatic rings. The number of aliphatic hydroxyl groups is 1. The molecule has 1 amide bonds. The lowest BCUT2D eigenvalue weighted by molar-refractivity contribution is -0.132. The summed E-state index contributed by atoms with van der Waals surface area (Å²) in [5, 5.41) is 21.0. The highest BCUT2D eigenvalue weighted by Crippen LogP contribution is 2.44. The fourth-order valence-corrected chi connectivity index (χ4v) is 6.68. The molecule has 1 aromatic heterocycles. The van der Waals surface area contributed by atoms with Crippen molar-refractivity contribution < 1.29 is 14.7 Å². The van der Waals surface area contributed by atoms with Crippen LogP contribution in [0, 0.1) is 13.8 Å². The molecule has 2 heterocycles. The number of ketones is 1. The number of nitrogens with zero attached hydrogens (tertiary/aromatic N) is 3. The van der Waals surface area contributed by atoms with Crippen molar-refractivity contribution >= 4 is 57.3 Å². The number of halogens is 1. The first-order valence-electron chi connectivity index (χ1n) is 12.5. The van der Waals surface area contributed by atoms with Crippen LogP contribution in [0.3, 0.4) is 0 Å². The van der Waals surface area contributed by atoms with E-state index in [2.05, 4.69) is 17.1 Å². The number of aliphatic hydroxyl groups excluding tert-OH is 1. The molecule has 0 radical (unpaired) electrons. The average Bonchev–Trinajstić information content (AvgIpc) is 3.51. The van der Waals surface area contributed by atoms with E-state index in [1.165, 1.54) is 28.0 Å². The first-order valence-corrected chi connectivity index (χ1v) is 14.6. The van der Waals surface area contributed by atoms with Crippen LogP contribution in [-0.4, -0.2) is 27.0 Å². The van der Waals surface area contributed by atoms with E-state index in [1.807, 2.05) is 80.6 Å². The molecular weight excluding hydrogens is 550 g/mol. The predicted molar refractivity (Wildman–Crippen MR) is 157 cm³/mol. The van der Waals surface area contributed by atoms with Gasteiger partial charge in [0.15, 0.2) is 4.34 Å². The molecule has 1 unspecified atom stereocenters. The van der Waals surface area contributed by atoms with Gasteiger partial charge in [-0.25, -0.2) is 0 Å². The van der Waals surface area contributed by atoms with Gasteiger partial charge in [-0.1, -0.05) is 102 Å². The zero-order chi connectivity index (χ0) is 27.7. The quantitative estimate of drug-likeness (QED) is 0.0819. The Morgan fingerprint density at radius 2 is 1.79 bits per heavy atom. The molecule has 0 saturated carbocycles. The van der Waals surface area contributed by atoms with Gasteiger partial charge in [-0.2, -0.15) is 0 Å². The molecule has 1 N–H and O–H groups in total. The highest BCUT2D eigenvalue weighted by molar-refractivity contribution is 8.00. The smallest absolute Gasteiger partial charge is 0.301 e. The number of hydrogen-bond acceptors (Lipinski definition) is 7. The number of anilines is 1. The third kappa shape index (κ3) is 5.37. The fraction of sp³-hybridized carbons (Fsp3) is 0.200. The van der Waals surface area contributed by atoms with Crippen LogP contribution in [0.2, 0.25) is 5.02 Å². The fourth-order valence-electron chi connectivity index (χ4n) is 4.53. The molecular formula is C30H26ClN3O3S2. The van der Waals surface area contributed by atoms with Crippen LogP contribution < -0.4 is 4.90 Å². The van der Waals surface area contributed by atoms with Crippen molar-refractivity contribution in [2.45, 2.75) is 43.3 Å². The monoisotopic (exact) mass is 575 g/mol. The Labute approximate surface area is 240 Å². The van der Waals surface area contributed by atoms with Gasteiger partial charge in [0.1, 0.15) is 5.76 Å². The maximum Gasteiger partial charge on any atom is 0.301 e. The van der Waals surface area contributed by atoms with Crippen molar-refractivity contribution in [3.8, 4) is 0 Å². The van der Waals surface area contributed by atoms with Crippen LogP contribution in [0.4, 0.5) is 5.13 Å². The number of rotatable bonds is 7. The normalized spacial score (nSPS) is 16.7. The Kier molecular flexibility index (Phi) is 7.88.